The quantitative estimate of drug-likeness (QED) is 0.607. The van der Waals surface area contributed by atoms with Gasteiger partial charge in [-0.15, -0.1) is 0 Å². The predicted molar refractivity (Wildman–Crippen MR) is 53.7 cm³/mol. The third kappa shape index (κ3) is 1.01. The lowest BCUT2D eigenvalue weighted by molar-refractivity contribution is 0.621. The van der Waals surface area contributed by atoms with Crippen LogP contribution in [0.2, 0.25) is 0 Å². The van der Waals surface area contributed by atoms with Gasteiger partial charge in [-0.2, -0.15) is 0 Å². The molecule has 0 radical (unpaired) electrons. The molecule has 0 amide bonds. The highest BCUT2D eigenvalue weighted by molar-refractivity contribution is 9.09. The lowest BCUT2D eigenvalue weighted by Crippen LogP contribution is -1.90. The third-order valence-corrected chi connectivity index (χ3v) is 4.13. The normalized spacial score (nSPS) is 29.4. The van der Waals surface area contributed by atoms with Gasteiger partial charge in [0, 0.05) is 4.83 Å². The van der Waals surface area contributed by atoms with Crippen LogP contribution in [0, 0.1) is 5.82 Å². The largest absolute Gasteiger partial charge is 0.207 e. The minimum Gasteiger partial charge on any atom is -0.207 e. The Labute approximate surface area is 85.3 Å². The van der Waals surface area contributed by atoms with Gasteiger partial charge in [0.15, 0.2) is 0 Å². The number of alkyl halides is 1. The summed E-state index contributed by atoms with van der Waals surface area (Å²) in [6, 6.07) is 3.41. The summed E-state index contributed by atoms with van der Waals surface area (Å²) in [7, 11) is 0. The Balaban J connectivity index is 2.28. The van der Waals surface area contributed by atoms with E-state index in [1.54, 1.807) is 12.1 Å². The summed E-state index contributed by atoms with van der Waals surface area (Å²) in [5, 5.41) is 0. The van der Waals surface area contributed by atoms with E-state index in [2.05, 4.69) is 15.9 Å². The highest BCUT2D eigenvalue weighted by atomic mass is 79.9. The first-order valence-electron chi connectivity index (χ1n) is 4.72. The fraction of sp³-hybridized carbons (Fsp3) is 0.455. The van der Waals surface area contributed by atoms with E-state index >= 15 is 0 Å². The molecule has 0 spiro atoms. The fourth-order valence-electron chi connectivity index (χ4n) is 2.75. The van der Waals surface area contributed by atoms with Gasteiger partial charge < -0.3 is 0 Å². The van der Waals surface area contributed by atoms with Crippen molar-refractivity contribution in [2.75, 3.05) is 0 Å². The van der Waals surface area contributed by atoms with Gasteiger partial charge in [0.1, 0.15) is 5.82 Å². The Kier molecular flexibility index (Phi) is 1.58. The first-order chi connectivity index (χ1) is 6.25. The standard InChI is InChI=1S/C11H10BrF/c12-10-4-7-2-1-6-3-8(13)5-9(10)11(6)7/h3,5,7,10H,1-2,4H2. The van der Waals surface area contributed by atoms with E-state index in [1.165, 1.54) is 23.1 Å². The molecule has 2 aliphatic rings. The van der Waals surface area contributed by atoms with Crippen LogP contribution in [0.3, 0.4) is 0 Å². The Bertz CT molecular complexity index is 373. The highest BCUT2D eigenvalue weighted by Gasteiger charge is 2.35. The van der Waals surface area contributed by atoms with Crippen molar-refractivity contribution in [1.29, 1.82) is 0 Å². The van der Waals surface area contributed by atoms with Crippen molar-refractivity contribution in [3.8, 4) is 0 Å². The van der Waals surface area contributed by atoms with Gasteiger partial charge in [-0.1, -0.05) is 15.9 Å². The Morgan fingerprint density at radius 3 is 3.08 bits per heavy atom. The molecule has 2 aliphatic carbocycles. The number of hydrogen-bond acceptors (Lipinski definition) is 0. The molecule has 2 heteroatoms. The molecule has 0 N–H and O–H groups in total. The number of benzene rings is 1. The summed E-state index contributed by atoms with van der Waals surface area (Å²) < 4.78 is 13.2. The zero-order valence-corrected chi connectivity index (χ0v) is 8.77. The van der Waals surface area contributed by atoms with Crippen LogP contribution in [0.1, 0.15) is 40.3 Å². The smallest absolute Gasteiger partial charge is 0.123 e. The van der Waals surface area contributed by atoms with Crippen molar-refractivity contribution in [2.24, 2.45) is 0 Å². The van der Waals surface area contributed by atoms with Crippen molar-refractivity contribution in [2.45, 2.75) is 30.0 Å². The van der Waals surface area contributed by atoms with E-state index in [1.807, 2.05) is 0 Å². The minimum atomic E-state index is -0.0687. The lowest BCUT2D eigenvalue weighted by atomic mass is 10.0. The van der Waals surface area contributed by atoms with E-state index in [-0.39, 0.29) is 5.82 Å². The molecule has 0 fully saturated rings. The molecule has 0 aromatic heterocycles. The summed E-state index contributed by atoms with van der Waals surface area (Å²) >= 11 is 3.61. The van der Waals surface area contributed by atoms with E-state index in [0.29, 0.717) is 10.7 Å². The van der Waals surface area contributed by atoms with Crippen LogP contribution in [0.15, 0.2) is 12.1 Å². The van der Waals surface area contributed by atoms with Gasteiger partial charge in [-0.05, 0) is 54.0 Å². The summed E-state index contributed by atoms with van der Waals surface area (Å²) in [6.07, 6.45) is 3.45. The van der Waals surface area contributed by atoms with Gasteiger partial charge in [0.25, 0.3) is 0 Å². The molecular formula is C11H10BrF. The second-order valence-electron chi connectivity index (χ2n) is 4.01. The molecule has 1 aromatic carbocycles. The highest BCUT2D eigenvalue weighted by Crippen LogP contribution is 2.52. The van der Waals surface area contributed by atoms with E-state index in [0.717, 1.165) is 12.8 Å². The van der Waals surface area contributed by atoms with E-state index < -0.39 is 0 Å². The van der Waals surface area contributed by atoms with Gasteiger partial charge >= 0.3 is 0 Å². The molecule has 3 rings (SSSR count). The Morgan fingerprint density at radius 1 is 1.38 bits per heavy atom. The van der Waals surface area contributed by atoms with Crippen LogP contribution in [-0.4, -0.2) is 0 Å². The molecule has 0 nitrogen and oxygen atoms in total. The van der Waals surface area contributed by atoms with Crippen molar-refractivity contribution >= 4 is 15.9 Å². The Morgan fingerprint density at radius 2 is 2.23 bits per heavy atom. The van der Waals surface area contributed by atoms with Crippen LogP contribution >= 0.6 is 15.9 Å². The average Bonchev–Trinajstić information content (AvgIpc) is 2.59. The molecule has 1 aromatic rings. The molecule has 2 unspecified atom stereocenters. The summed E-state index contributed by atoms with van der Waals surface area (Å²) in [6.45, 7) is 0. The SMILES string of the molecule is Fc1cc2c3c(c1)C(Br)CC3CC2. The first kappa shape index (κ1) is 7.98. The average molecular weight is 241 g/mol. The predicted octanol–water partition coefficient (Wildman–Crippen LogP) is 3.70. The number of hydrogen-bond donors (Lipinski definition) is 0. The maximum Gasteiger partial charge on any atom is 0.123 e. The zero-order valence-electron chi connectivity index (χ0n) is 7.19. The monoisotopic (exact) mass is 240 g/mol. The van der Waals surface area contributed by atoms with Gasteiger partial charge in [-0.25, -0.2) is 4.39 Å². The second-order valence-corrected chi connectivity index (χ2v) is 5.11. The van der Waals surface area contributed by atoms with Gasteiger partial charge in [0.2, 0.25) is 0 Å². The van der Waals surface area contributed by atoms with Crippen LogP contribution < -0.4 is 0 Å². The van der Waals surface area contributed by atoms with E-state index in [9.17, 15) is 4.39 Å². The molecule has 0 saturated carbocycles. The third-order valence-electron chi connectivity index (χ3n) is 3.26. The van der Waals surface area contributed by atoms with E-state index in [4.69, 9.17) is 0 Å². The lowest BCUT2D eigenvalue weighted by Gasteiger charge is -2.05. The number of aryl methyl sites for hydroxylation is 1. The molecule has 0 saturated heterocycles. The summed E-state index contributed by atoms with van der Waals surface area (Å²) in [5.41, 5.74) is 3.91. The molecule has 68 valence electrons. The molecule has 0 heterocycles. The van der Waals surface area contributed by atoms with Gasteiger partial charge in [0.05, 0.1) is 0 Å². The summed E-state index contributed by atoms with van der Waals surface area (Å²) in [4.78, 5) is 0.391. The minimum absolute atomic E-state index is 0.0687. The maximum absolute atomic E-state index is 13.2. The van der Waals surface area contributed by atoms with Crippen LogP contribution in [-0.2, 0) is 6.42 Å². The molecule has 0 aliphatic heterocycles. The summed E-state index contributed by atoms with van der Waals surface area (Å²) in [5.74, 6) is 0.635. The second kappa shape index (κ2) is 2.57. The molecule has 2 atom stereocenters. The van der Waals surface area contributed by atoms with Crippen molar-refractivity contribution < 1.29 is 4.39 Å². The fourth-order valence-corrected chi connectivity index (χ4v) is 3.58. The van der Waals surface area contributed by atoms with Crippen molar-refractivity contribution in [1.82, 2.24) is 0 Å². The molecule has 13 heavy (non-hydrogen) atoms. The molecule has 0 bridgehead atoms. The van der Waals surface area contributed by atoms with Crippen LogP contribution in [0.4, 0.5) is 4.39 Å². The zero-order chi connectivity index (χ0) is 9.00. The van der Waals surface area contributed by atoms with Gasteiger partial charge in [-0.3, -0.25) is 0 Å². The van der Waals surface area contributed by atoms with Crippen molar-refractivity contribution in [3.63, 3.8) is 0 Å². The number of rotatable bonds is 0. The Hall–Kier alpha value is -0.370. The van der Waals surface area contributed by atoms with Crippen molar-refractivity contribution in [3.05, 3.63) is 34.6 Å². The topological polar surface area (TPSA) is 0 Å². The maximum atomic E-state index is 13.2. The van der Waals surface area contributed by atoms with Crippen LogP contribution in [0.25, 0.3) is 0 Å². The number of halogens is 2. The van der Waals surface area contributed by atoms with Crippen LogP contribution in [0.5, 0.6) is 0 Å². The first-order valence-corrected chi connectivity index (χ1v) is 5.63. The molecular weight excluding hydrogens is 231 g/mol.